The van der Waals surface area contributed by atoms with Gasteiger partial charge in [0.2, 0.25) is 5.91 Å². The van der Waals surface area contributed by atoms with Crippen LogP contribution in [-0.2, 0) is 4.79 Å². The fourth-order valence-electron chi connectivity index (χ4n) is 4.37. The summed E-state index contributed by atoms with van der Waals surface area (Å²) in [4.78, 5) is 14.8. The van der Waals surface area contributed by atoms with Gasteiger partial charge in [-0.3, -0.25) is 4.79 Å². The van der Waals surface area contributed by atoms with Gasteiger partial charge in [0.05, 0.1) is 0 Å². The molecule has 3 rings (SSSR count). The van der Waals surface area contributed by atoms with Gasteiger partial charge in [-0.2, -0.15) is 0 Å². The molecular weight excluding hydrogens is 354 g/mol. The largest absolute Gasteiger partial charge is 0.353 e. The van der Waals surface area contributed by atoms with Gasteiger partial charge in [-0.1, -0.05) is 38.5 Å². The van der Waals surface area contributed by atoms with Gasteiger partial charge >= 0.3 is 0 Å². The quantitative estimate of drug-likeness (QED) is 0.731. The average molecular weight is 388 g/mol. The number of piperidine rings is 2. The van der Waals surface area contributed by atoms with E-state index in [0.29, 0.717) is 12.1 Å². The van der Waals surface area contributed by atoms with Crippen molar-refractivity contribution in [3.63, 3.8) is 0 Å². The maximum atomic E-state index is 12.4. The summed E-state index contributed by atoms with van der Waals surface area (Å²) >= 11 is 5.82. The molecule has 1 aromatic rings. The van der Waals surface area contributed by atoms with Crippen LogP contribution in [0.15, 0.2) is 18.2 Å². The molecule has 0 spiro atoms. The third-order valence-corrected chi connectivity index (χ3v) is 6.16. The summed E-state index contributed by atoms with van der Waals surface area (Å²) in [5, 5.41) is 7.60. The van der Waals surface area contributed by atoms with Crippen LogP contribution in [0.1, 0.15) is 64.0 Å². The van der Waals surface area contributed by atoms with E-state index in [1.165, 1.54) is 17.5 Å². The first-order valence-corrected chi connectivity index (χ1v) is 10.5. The Morgan fingerprint density at radius 1 is 1.15 bits per heavy atom. The van der Waals surface area contributed by atoms with Crippen molar-refractivity contribution in [2.24, 2.45) is 5.41 Å². The normalized spacial score (nSPS) is 25.1. The van der Waals surface area contributed by atoms with E-state index in [2.05, 4.69) is 47.6 Å². The van der Waals surface area contributed by atoms with Crippen LogP contribution in [0.5, 0.6) is 0 Å². The highest BCUT2D eigenvalue weighted by molar-refractivity contribution is 7.80. The Hall–Kier alpha value is -1.62. The first kappa shape index (κ1) is 20.1. The van der Waals surface area contributed by atoms with Crippen LogP contribution in [0, 0.1) is 19.3 Å². The zero-order valence-electron chi connectivity index (χ0n) is 17.3. The minimum Gasteiger partial charge on any atom is -0.353 e. The summed E-state index contributed by atoms with van der Waals surface area (Å²) in [6, 6.07) is 7.49. The molecule has 2 aliphatic heterocycles. The average Bonchev–Trinajstić information content (AvgIpc) is 2.55. The molecule has 2 atom stereocenters. The van der Waals surface area contributed by atoms with Crippen LogP contribution in [0.25, 0.3) is 0 Å². The van der Waals surface area contributed by atoms with Crippen molar-refractivity contribution in [3.05, 3.63) is 29.3 Å². The van der Waals surface area contributed by atoms with E-state index in [1.807, 2.05) is 20.8 Å². The highest BCUT2D eigenvalue weighted by Gasteiger charge is 2.40. The van der Waals surface area contributed by atoms with Crippen molar-refractivity contribution in [2.45, 2.75) is 84.8 Å². The van der Waals surface area contributed by atoms with Gasteiger partial charge in [0.25, 0.3) is 0 Å². The molecule has 2 aliphatic rings. The monoisotopic (exact) mass is 387 g/mol. The van der Waals surface area contributed by atoms with Gasteiger partial charge in [0, 0.05) is 29.2 Å². The Morgan fingerprint density at radius 3 is 2.33 bits per heavy atom. The lowest BCUT2D eigenvalue weighted by molar-refractivity contribution is -0.129. The Kier molecular flexibility index (Phi) is 5.80. The van der Waals surface area contributed by atoms with Gasteiger partial charge in [-0.05, 0) is 69.8 Å². The van der Waals surface area contributed by atoms with Gasteiger partial charge in [0.15, 0.2) is 5.11 Å². The first-order valence-electron chi connectivity index (χ1n) is 10.1. The second-order valence-corrected chi connectivity index (χ2v) is 9.67. The van der Waals surface area contributed by atoms with E-state index in [4.69, 9.17) is 12.2 Å². The molecule has 2 N–H and O–H groups in total. The predicted molar refractivity (Wildman–Crippen MR) is 116 cm³/mol. The smallest absolute Gasteiger partial charge is 0.225 e. The van der Waals surface area contributed by atoms with Crippen LogP contribution in [0.4, 0.5) is 5.69 Å². The molecule has 148 valence electrons. The number of amides is 1. The molecule has 1 amide bonds. The van der Waals surface area contributed by atoms with Crippen molar-refractivity contribution >= 4 is 28.9 Å². The fourth-order valence-corrected chi connectivity index (χ4v) is 4.77. The van der Waals surface area contributed by atoms with Gasteiger partial charge in [0.1, 0.15) is 0 Å². The Labute approximate surface area is 169 Å². The lowest BCUT2D eigenvalue weighted by Gasteiger charge is -2.50. The number of anilines is 1. The number of hydrogen-bond donors (Lipinski definition) is 2. The molecule has 0 aromatic heterocycles. The number of carbonyl (C=O) groups excluding carboxylic acids is 1. The minimum absolute atomic E-state index is 0.148. The van der Waals surface area contributed by atoms with Crippen molar-refractivity contribution in [1.29, 1.82) is 0 Å². The number of benzene rings is 1. The van der Waals surface area contributed by atoms with Crippen molar-refractivity contribution < 1.29 is 4.79 Å². The molecular formula is C22H33N3OS. The van der Waals surface area contributed by atoms with Gasteiger partial charge in [-0.15, -0.1) is 0 Å². The molecule has 0 aliphatic carbocycles. The standard InChI is InChI=1S/C22H33N3OS/c1-14-9-10-19(15(2)11-14)24-21(27)25-17-7-6-8-18(25)13-16(12-17)23-20(26)22(3,4)5/h9-11,16-18H,6-8,12-13H2,1-5H3,(H,23,26)(H,24,27)/t17-,18-/m1/s1. The van der Waals surface area contributed by atoms with E-state index in [-0.39, 0.29) is 17.4 Å². The number of aryl methyl sites for hydroxylation is 2. The minimum atomic E-state index is -0.341. The number of carbonyl (C=O) groups is 1. The third-order valence-electron chi connectivity index (χ3n) is 5.85. The maximum absolute atomic E-state index is 12.4. The summed E-state index contributed by atoms with van der Waals surface area (Å²) in [7, 11) is 0. The number of hydrogen-bond acceptors (Lipinski definition) is 2. The van der Waals surface area contributed by atoms with Crippen LogP contribution < -0.4 is 10.6 Å². The second-order valence-electron chi connectivity index (χ2n) is 9.29. The molecule has 0 radical (unpaired) electrons. The number of nitrogens with one attached hydrogen (secondary N) is 2. The molecule has 27 heavy (non-hydrogen) atoms. The lowest BCUT2D eigenvalue weighted by atomic mass is 9.81. The van der Waals surface area contributed by atoms with E-state index in [0.717, 1.165) is 36.5 Å². The third kappa shape index (κ3) is 4.63. The summed E-state index contributed by atoms with van der Waals surface area (Å²) in [5.74, 6) is 0.148. The van der Waals surface area contributed by atoms with Crippen molar-refractivity contribution in [2.75, 3.05) is 5.32 Å². The summed E-state index contributed by atoms with van der Waals surface area (Å²) in [6.45, 7) is 10.1. The van der Waals surface area contributed by atoms with Crippen molar-refractivity contribution in [1.82, 2.24) is 10.2 Å². The molecule has 2 fully saturated rings. The number of nitrogens with zero attached hydrogens (tertiary/aromatic N) is 1. The van der Waals surface area contributed by atoms with E-state index in [9.17, 15) is 4.79 Å². The predicted octanol–water partition coefficient (Wildman–Crippen LogP) is 4.55. The first-order chi connectivity index (χ1) is 12.6. The zero-order valence-corrected chi connectivity index (χ0v) is 18.1. The fraction of sp³-hybridized carbons (Fsp3) is 0.636. The molecule has 2 heterocycles. The molecule has 4 nitrogen and oxygen atoms in total. The van der Waals surface area contributed by atoms with Crippen LogP contribution in [0.3, 0.4) is 0 Å². The SMILES string of the molecule is Cc1ccc(NC(=S)N2[C@@H]3CCC[C@@H]2CC(NC(=O)C(C)(C)C)C3)c(C)c1. The molecule has 2 bridgehead atoms. The van der Waals surface area contributed by atoms with E-state index in [1.54, 1.807) is 0 Å². The highest BCUT2D eigenvalue weighted by atomic mass is 32.1. The highest BCUT2D eigenvalue weighted by Crippen LogP contribution is 2.35. The van der Waals surface area contributed by atoms with E-state index >= 15 is 0 Å². The number of rotatable bonds is 2. The molecule has 5 heteroatoms. The summed E-state index contributed by atoms with van der Waals surface area (Å²) in [5.41, 5.74) is 3.23. The molecule has 2 saturated heterocycles. The van der Waals surface area contributed by atoms with Crippen LogP contribution >= 0.6 is 12.2 Å². The van der Waals surface area contributed by atoms with Gasteiger partial charge < -0.3 is 15.5 Å². The molecule has 1 aromatic carbocycles. The Balaban J connectivity index is 1.68. The van der Waals surface area contributed by atoms with Crippen LogP contribution in [0.2, 0.25) is 0 Å². The maximum Gasteiger partial charge on any atom is 0.225 e. The van der Waals surface area contributed by atoms with Crippen LogP contribution in [-0.4, -0.2) is 34.0 Å². The number of thiocarbonyl (C=S) groups is 1. The second kappa shape index (κ2) is 7.78. The lowest BCUT2D eigenvalue weighted by Crippen LogP contribution is -2.60. The van der Waals surface area contributed by atoms with Crippen molar-refractivity contribution in [3.8, 4) is 0 Å². The van der Waals surface area contributed by atoms with E-state index < -0.39 is 0 Å². The Morgan fingerprint density at radius 2 is 1.78 bits per heavy atom. The Bertz CT molecular complexity index is 711. The van der Waals surface area contributed by atoms with Gasteiger partial charge in [-0.25, -0.2) is 0 Å². The zero-order chi connectivity index (χ0) is 19.8. The summed E-state index contributed by atoms with van der Waals surface area (Å²) < 4.78 is 0. The number of fused-ring (bicyclic) bond motifs is 2. The summed E-state index contributed by atoms with van der Waals surface area (Å²) in [6.07, 6.45) is 5.50. The topological polar surface area (TPSA) is 44.4 Å². The molecule has 0 saturated carbocycles. The molecule has 0 unspecified atom stereocenters.